The third kappa shape index (κ3) is 3.52. The number of rotatable bonds is 5. The number of hydrogen-bond acceptors (Lipinski definition) is 2. The van der Waals surface area contributed by atoms with Crippen molar-refractivity contribution in [2.45, 2.75) is 19.4 Å². The highest BCUT2D eigenvalue weighted by molar-refractivity contribution is 5.83. The number of aromatic amines is 1. The molecule has 2 amide bonds. The summed E-state index contributed by atoms with van der Waals surface area (Å²) in [6.45, 7) is 2.14. The number of carbonyl (C=O) groups excluding carboxylic acids is 1. The predicted molar refractivity (Wildman–Crippen MR) is 79.7 cm³/mol. The summed E-state index contributed by atoms with van der Waals surface area (Å²) in [4.78, 5) is 16.4. The van der Waals surface area contributed by atoms with Gasteiger partial charge in [0.05, 0.1) is 12.6 Å². The van der Waals surface area contributed by atoms with Crippen molar-refractivity contribution in [3.63, 3.8) is 0 Å². The molecule has 2 aromatic rings. The fourth-order valence-electron chi connectivity index (χ4n) is 2.11. The Hall–Kier alpha value is -2.08. The van der Waals surface area contributed by atoms with E-state index in [0.717, 1.165) is 16.5 Å². The van der Waals surface area contributed by atoms with Crippen LogP contribution in [-0.2, 0) is 6.42 Å². The third-order valence-electron chi connectivity index (χ3n) is 3.65. The molecule has 21 heavy (non-hydrogen) atoms. The molecule has 0 spiro atoms. The summed E-state index contributed by atoms with van der Waals surface area (Å²) in [5.74, 6) is -0.274. The van der Waals surface area contributed by atoms with Crippen LogP contribution in [0.25, 0.3) is 10.9 Å². The Balaban J connectivity index is 1.93. The molecule has 0 aliphatic carbocycles. The lowest BCUT2D eigenvalue weighted by molar-refractivity contribution is 0.157. The van der Waals surface area contributed by atoms with Crippen molar-refractivity contribution in [3.8, 4) is 0 Å². The molecule has 1 atom stereocenters. The number of hydrogen-bond donors (Lipinski definition) is 3. The number of benzene rings is 1. The van der Waals surface area contributed by atoms with Crippen molar-refractivity contribution in [1.29, 1.82) is 0 Å². The number of nitrogens with zero attached hydrogens (tertiary/aromatic N) is 1. The van der Waals surface area contributed by atoms with Gasteiger partial charge in [-0.1, -0.05) is 0 Å². The minimum atomic E-state index is -0.274. The van der Waals surface area contributed by atoms with Crippen LogP contribution in [0, 0.1) is 5.82 Å². The van der Waals surface area contributed by atoms with Crippen molar-refractivity contribution in [2.24, 2.45) is 0 Å². The van der Waals surface area contributed by atoms with Crippen molar-refractivity contribution in [1.82, 2.24) is 15.2 Å². The first kappa shape index (κ1) is 15.3. The number of fused-ring (bicyclic) bond motifs is 1. The minimum absolute atomic E-state index is 0.0777. The maximum Gasteiger partial charge on any atom is 0.317 e. The standard InChI is InChI=1S/C15H20FN3O2/c1-10(9-20)19(2)15(21)17-6-5-11-8-18-14-4-3-12(16)7-13(11)14/h3-4,7-8,10,18,20H,5-6,9H2,1-2H3,(H,17,21). The van der Waals surface area contributed by atoms with Crippen LogP contribution >= 0.6 is 0 Å². The molecule has 6 heteroatoms. The Morgan fingerprint density at radius 2 is 2.29 bits per heavy atom. The van der Waals surface area contributed by atoms with E-state index in [9.17, 15) is 9.18 Å². The second kappa shape index (κ2) is 6.58. The fraction of sp³-hybridized carbons (Fsp3) is 0.400. The van der Waals surface area contributed by atoms with Gasteiger partial charge in [-0.2, -0.15) is 0 Å². The second-order valence-electron chi connectivity index (χ2n) is 5.13. The number of halogens is 1. The molecule has 5 nitrogen and oxygen atoms in total. The Bertz CT molecular complexity index is 626. The van der Waals surface area contributed by atoms with E-state index in [2.05, 4.69) is 10.3 Å². The van der Waals surface area contributed by atoms with Crippen LogP contribution in [0.5, 0.6) is 0 Å². The van der Waals surface area contributed by atoms with Gasteiger partial charge in [0.2, 0.25) is 0 Å². The summed E-state index contributed by atoms with van der Waals surface area (Å²) in [6, 6.07) is 4.14. The Kier molecular flexibility index (Phi) is 4.80. The molecule has 3 N–H and O–H groups in total. The Morgan fingerprint density at radius 1 is 1.52 bits per heavy atom. The molecule has 1 aromatic carbocycles. The summed E-state index contributed by atoms with van der Waals surface area (Å²) >= 11 is 0. The normalized spacial score (nSPS) is 12.4. The molecule has 114 valence electrons. The number of H-pyrrole nitrogens is 1. The lowest BCUT2D eigenvalue weighted by Crippen LogP contribution is -2.44. The third-order valence-corrected chi connectivity index (χ3v) is 3.65. The maximum atomic E-state index is 13.3. The van der Waals surface area contributed by atoms with E-state index in [0.29, 0.717) is 13.0 Å². The highest BCUT2D eigenvalue weighted by Gasteiger charge is 2.14. The van der Waals surface area contributed by atoms with E-state index in [1.54, 1.807) is 20.0 Å². The van der Waals surface area contributed by atoms with Crippen molar-refractivity contribution < 1.29 is 14.3 Å². The Morgan fingerprint density at radius 3 is 3.00 bits per heavy atom. The van der Waals surface area contributed by atoms with Crippen molar-refractivity contribution in [3.05, 3.63) is 35.8 Å². The zero-order valence-electron chi connectivity index (χ0n) is 12.2. The number of aromatic nitrogens is 1. The smallest absolute Gasteiger partial charge is 0.317 e. The van der Waals surface area contributed by atoms with Crippen LogP contribution in [-0.4, -0.2) is 47.3 Å². The Labute approximate surface area is 122 Å². The number of likely N-dealkylation sites (N-methyl/N-ethyl adjacent to an activating group) is 1. The topological polar surface area (TPSA) is 68.4 Å². The lowest BCUT2D eigenvalue weighted by Gasteiger charge is -2.23. The second-order valence-corrected chi connectivity index (χ2v) is 5.13. The summed E-state index contributed by atoms with van der Waals surface area (Å²) in [5.41, 5.74) is 1.84. The number of urea groups is 1. The van der Waals surface area contributed by atoms with E-state index in [4.69, 9.17) is 5.11 Å². The van der Waals surface area contributed by atoms with Crippen molar-refractivity contribution >= 4 is 16.9 Å². The van der Waals surface area contributed by atoms with Crippen LogP contribution < -0.4 is 5.32 Å². The molecule has 0 fully saturated rings. The lowest BCUT2D eigenvalue weighted by atomic mass is 10.1. The highest BCUT2D eigenvalue weighted by Crippen LogP contribution is 2.19. The SMILES string of the molecule is CC(CO)N(C)C(=O)NCCc1c[nH]c2ccc(F)cc12. The average Bonchev–Trinajstić information content (AvgIpc) is 2.88. The molecule has 1 unspecified atom stereocenters. The summed E-state index contributed by atoms with van der Waals surface area (Å²) in [6.07, 6.45) is 2.44. The van der Waals surface area contributed by atoms with Gasteiger partial charge in [0, 0.05) is 30.7 Å². The van der Waals surface area contributed by atoms with Crippen molar-refractivity contribution in [2.75, 3.05) is 20.2 Å². The quantitative estimate of drug-likeness (QED) is 0.788. The minimum Gasteiger partial charge on any atom is -0.394 e. The van der Waals surface area contributed by atoms with Crippen LogP contribution in [0.1, 0.15) is 12.5 Å². The monoisotopic (exact) mass is 293 g/mol. The van der Waals surface area contributed by atoms with Crippen LogP contribution in [0.4, 0.5) is 9.18 Å². The number of amides is 2. The summed E-state index contributed by atoms with van der Waals surface area (Å²) in [5, 5.41) is 12.6. The van der Waals surface area contributed by atoms with Gasteiger partial charge in [-0.3, -0.25) is 0 Å². The largest absolute Gasteiger partial charge is 0.394 e. The van der Waals surface area contributed by atoms with Gasteiger partial charge in [0.25, 0.3) is 0 Å². The van der Waals surface area contributed by atoms with Crippen LogP contribution in [0.2, 0.25) is 0 Å². The average molecular weight is 293 g/mol. The van der Waals surface area contributed by atoms with Gasteiger partial charge in [0.15, 0.2) is 0 Å². The zero-order chi connectivity index (χ0) is 15.4. The molecule has 0 bridgehead atoms. The first-order valence-corrected chi connectivity index (χ1v) is 6.90. The molecule has 1 aromatic heterocycles. The van der Waals surface area contributed by atoms with Gasteiger partial charge in [0.1, 0.15) is 5.82 Å². The predicted octanol–water partition coefficient (Wildman–Crippen LogP) is 1.87. The van der Waals surface area contributed by atoms with Crippen LogP contribution in [0.15, 0.2) is 24.4 Å². The molecule has 0 aliphatic heterocycles. The first-order chi connectivity index (χ1) is 10.0. The number of nitrogens with one attached hydrogen (secondary N) is 2. The van der Waals surface area contributed by atoms with Gasteiger partial charge in [-0.05, 0) is 37.1 Å². The van der Waals surface area contributed by atoms with Crippen LogP contribution in [0.3, 0.4) is 0 Å². The number of carbonyl (C=O) groups is 1. The summed E-state index contributed by atoms with van der Waals surface area (Å²) < 4.78 is 13.3. The van der Waals surface area contributed by atoms with Gasteiger partial charge >= 0.3 is 6.03 Å². The van der Waals surface area contributed by atoms with E-state index in [1.807, 2.05) is 6.20 Å². The zero-order valence-corrected chi connectivity index (χ0v) is 12.2. The van der Waals surface area contributed by atoms with E-state index in [-0.39, 0.29) is 24.5 Å². The molecular weight excluding hydrogens is 273 g/mol. The van der Waals surface area contributed by atoms with E-state index >= 15 is 0 Å². The molecule has 0 saturated heterocycles. The molecular formula is C15H20FN3O2. The maximum absolute atomic E-state index is 13.3. The van der Waals surface area contributed by atoms with E-state index in [1.165, 1.54) is 17.0 Å². The molecule has 0 aliphatic rings. The first-order valence-electron chi connectivity index (χ1n) is 6.90. The van der Waals surface area contributed by atoms with E-state index < -0.39 is 0 Å². The molecule has 1 heterocycles. The molecule has 2 rings (SSSR count). The molecule has 0 saturated carbocycles. The number of aliphatic hydroxyl groups excluding tert-OH is 1. The van der Waals surface area contributed by atoms with Gasteiger partial charge < -0.3 is 20.3 Å². The fourth-order valence-corrected chi connectivity index (χ4v) is 2.11. The van der Waals surface area contributed by atoms with Gasteiger partial charge in [-0.25, -0.2) is 9.18 Å². The number of aliphatic hydroxyl groups is 1. The highest BCUT2D eigenvalue weighted by atomic mass is 19.1. The van der Waals surface area contributed by atoms with Gasteiger partial charge in [-0.15, -0.1) is 0 Å². The summed E-state index contributed by atoms with van der Waals surface area (Å²) in [7, 11) is 1.64. The molecule has 0 radical (unpaired) electrons.